The van der Waals surface area contributed by atoms with Gasteiger partial charge in [0.05, 0.1) is 12.0 Å². The maximum atomic E-state index is 12.8. The van der Waals surface area contributed by atoms with Gasteiger partial charge in [-0.1, -0.05) is 96.5 Å². The summed E-state index contributed by atoms with van der Waals surface area (Å²) in [7, 11) is -2.22. The minimum absolute atomic E-state index is 0.0354. The molecular formula is C32H47ClN2O5S. The summed E-state index contributed by atoms with van der Waals surface area (Å²) in [6.07, 6.45) is 17.4. The van der Waals surface area contributed by atoms with Crippen molar-refractivity contribution in [3.05, 3.63) is 54.1 Å². The number of sulfonamides is 1. The van der Waals surface area contributed by atoms with Gasteiger partial charge in [-0.3, -0.25) is 9.59 Å². The van der Waals surface area contributed by atoms with Crippen molar-refractivity contribution in [1.29, 1.82) is 0 Å². The lowest BCUT2D eigenvalue weighted by molar-refractivity contribution is -0.115. The molecule has 0 aromatic heterocycles. The third-order valence-corrected chi connectivity index (χ3v) is 8.92. The van der Waals surface area contributed by atoms with Crippen LogP contribution in [-0.2, 0) is 14.8 Å². The molecule has 0 fully saturated rings. The molecule has 0 aliphatic carbocycles. The summed E-state index contributed by atoms with van der Waals surface area (Å²) in [5.41, 5.74) is 0.507. The van der Waals surface area contributed by atoms with E-state index in [1.165, 1.54) is 108 Å². The Hall–Kier alpha value is -2.42. The van der Waals surface area contributed by atoms with Gasteiger partial charge < -0.3 is 10.1 Å². The Labute approximate surface area is 251 Å². The fourth-order valence-electron chi connectivity index (χ4n) is 4.58. The minimum Gasteiger partial charge on any atom is -0.497 e. The van der Waals surface area contributed by atoms with E-state index >= 15 is 0 Å². The lowest BCUT2D eigenvalue weighted by atomic mass is 10.0. The second-order valence-electron chi connectivity index (χ2n) is 10.5. The molecule has 1 unspecified atom stereocenters. The Morgan fingerprint density at radius 3 is 1.88 bits per heavy atom. The molecule has 0 radical (unpaired) electrons. The molecule has 0 aliphatic rings. The molecule has 0 spiro atoms. The fourth-order valence-corrected chi connectivity index (χ4v) is 5.88. The highest BCUT2D eigenvalue weighted by Gasteiger charge is 2.26. The molecule has 2 aromatic carbocycles. The zero-order valence-electron chi connectivity index (χ0n) is 24.6. The molecule has 2 N–H and O–H groups in total. The highest BCUT2D eigenvalue weighted by Crippen LogP contribution is 2.19. The predicted octanol–water partition coefficient (Wildman–Crippen LogP) is 7.88. The number of halogens is 1. The number of anilines is 1. The zero-order valence-corrected chi connectivity index (χ0v) is 26.2. The van der Waals surface area contributed by atoms with Crippen molar-refractivity contribution in [3.63, 3.8) is 0 Å². The maximum absolute atomic E-state index is 12.8. The van der Waals surface area contributed by atoms with Crippen molar-refractivity contribution in [2.24, 2.45) is 0 Å². The van der Waals surface area contributed by atoms with Crippen molar-refractivity contribution in [1.82, 2.24) is 4.72 Å². The standard InChI is InChI=1S/C32H47ClN2O5S/c1-3-4-5-6-7-8-9-10-11-12-13-14-15-16-24-34-41(38,39)29-19-17-18-27(25-29)35-32(37)30(33)31(36)26-20-22-28(40-2)23-21-26/h17-23,25,30,34H,3-16,24H2,1-2H3,(H,35,37). The van der Waals surface area contributed by atoms with Gasteiger partial charge in [0.15, 0.2) is 11.2 Å². The molecule has 41 heavy (non-hydrogen) atoms. The van der Waals surface area contributed by atoms with Gasteiger partial charge in [-0.2, -0.15) is 0 Å². The fraction of sp³-hybridized carbons (Fsp3) is 0.562. The average Bonchev–Trinajstić information content (AvgIpc) is 2.98. The van der Waals surface area contributed by atoms with Crippen LogP contribution in [0.15, 0.2) is 53.4 Å². The SMILES string of the molecule is CCCCCCCCCCCCCCCCNS(=O)(=O)c1cccc(NC(=O)C(Cl)C(=O)c2ccc(OC)cc2)c1. The first-order chi connectivity index (χ1) is 19.8. The van der Waals surface area contributed by atoms with Crippen LogP contribution < -0.4 is 14.8 Å². The van der Waals surface area contributed by atoms with E-state index in [0.717, 1.165) is 19.3 Å². The third-order valence-electron chi connectivity index (χ3n) is 7.07. The number of rotatable bonds is 22. The quantitative estimate of drug-likeness (QED) is 0.0614. The summed E-state index contributed by atoms with van der Waals surface area (Å²) in [5.74, 6) is -0.726. The minimum atomic E-state index is -3.74. The molecule has 2 aromatic rings. The lowest BCUT2D eigenvalue weighted by Gasteiger charge is -2.12. The molecule has 7 nitrogen and oxygen atoms in total. The number of ketones is 1. The topological polar surface area (TPSA) is 102 Å². The van der Waals surface area contributed by atoms with E-state index in [2.05, 4.69) is 17.0 Å². The van der Waals surface area contributed by atoms with Crippen molar-refractivity contribution >= 4 is 39.0 Å². The van der Waals surface area contributed by atoms with Crippen LogP contribution in [0.25, 0.3) is 0 Å². The highest BCUT2D eigenvalue weighted by atomic mass is 35.5. The molecule has 2 rings (SSSR count). The van der Waals surface area contributed by atoms with Crippen molar-refractivity contribution in [2.45, 2.75) is 107 Å². The van der Waals surface area contributed by atoms with Crippen LogP contribution in [0, 0.1) is 0 Å². The van der Waals surface area contributed by atoms with Crippen LogP contribution >= 0.6 is 11.6 Å². The summed E-state index contributed by atoms with van der Waals surface area (Å²) in [5, 5.41) is 1.07. The summed E-state index contributed by atoms with van der Waals surface area (Å²) in [6.45, 7) is 2.61. The number of ether oxygens (including phenoxy) is 1. The molecule has 1 amide bonds. The molecule has 0 saturated heterocycles. The number of amides is 1. The maximum Gasteiger partial charge on any atom is 0.250 e. The molecule has 1 atom stereocenters. The van der Waals surface area contributed by atoms with E-state index in [-0.39, 0.29) is 16.1 Å². The van der Waals surface area contributed by atoms with E-state index in [9.17, 15) is 18.0 Å². The Morgan fingerprint density at radius 1 is 0.805 bits per heavy atom. The zero-order chi connectivity index (χ0) is 29.9. The summed E-state index contributed by atoms with van der Waals surface area (Å²) >= 11 is 6.12. The van der Waals surface area contributed by atoms with Crippen molar-refractivity contribution < 1.29 is 22.7 Å². The first-order valence-electron chi connectivity index (χ1n) is 15.0. The Balaban J connectivity index is 1.66. The van der Waals surface area contributed by atoms with E-state index < -0.39 is 27.1 Å². The Bertz CT molecular complexity index is 1150. The molecule has 228 valence electrons. The van der Waals surface area contributed by atoms with Crippen molar-refractivity contribution in [2.75, 3.05) is 19.0 Å². The summed E-state index contributed by atoms with van der Waals surface area (Å²) in [4.78, 5) is 25.2. The Kier molecular flexibility index (Phi) is 16.7. The monoisotopic (exact) mass is 606 g/mol. The molecule has 0 saturated carbocycles. The van der Waals surface area contributed by atoms with Gasteiger partial charge in [0.2, 0.25) is 15.9 Å². The van der Waals surface area contributed by atoms with Crippen LogP contribution in [0.5, 0.6) is 5.75 Å². The van der Waals surface area contributed by atoms with E-state index in [1.807, 2.05) is 0 Å². The lowest BCUT2D eigenvalue weighted by Crippen LogP contribution is -2.30. The number of carbonyl (C=O) groups excluding carboxylic acids is 2. The van der Waals surface area contributed by atoms with E-state index in [1.54, 1.807) is 18.2 Å². The van der Waals surface area contributed by atoms with Gasteiger partial charge >= 0.3 is 0 Å². The second-order valence-corrected chi connectivity index (χ2v) is 12.7. The van der Waals surface area contributed by atoms with Crippen LogP contribution in [-0.4, -0.2) is 39.1 Å². The van der Waals surface area contributed by atoms with Crippen molar-refractivity contribution in [3.8, 4) is 5.75 Å². The van der Waals surface area contributed by atoms with Gasteiger partial charge in [0.25, 0.3) is 0 Å². The Morgan fingerprint density at radius 2 is 1.34 bits per heavy atom. The van der Waals surface area contributed by atoms with Crippen LogP contribution in [0.1, 0.15) is 107 Å². The van der Waals surface area contributed by atoms with Crippen LogP contribution in [0.3, 0.4) is 0 Å². The second kappa shape index (κ2) is 19.7. The number of unbranched alkanes of at least 4 members (excludes halogenated alkanes) is 13. The molecule has 0 bridgehead atoms. The molecule has 0 aliphatic heterocycles. The highest BCUT2D eigenvalue weighted by molar-refractivity contribution is 7.89. The van der Waals surface area contributed by atoms with Crippen LogP contribution in [0.2, 0.25) is 0 Å². The third kappa shape index (κ3) is 13.4. The van der Waals surface area contributed by atoms with Gasteiger partial charge in [-0.05, 0) is 48.9 Å². The molecular weight excluding hydrogens is 560 g/mol. The van der Waals surface area contributed by atoms with Crippen LogP contribution in [0.4, 0.5) is 5.69 Å². The number of Topliss-reactive ketones (excluding diaryl/α,β-unsaturated/α-hetero) is 1. The summed E-state index contributed by atoms with van der Waals surface area (Å²) < 4.78 is 33.2. The number of hydrogen-bond acceptors (Lipinski definition) is 5. The normalized spacial score (nSPS) is 12.2. The smallest absolute Gasteiger partial charge is 0.250 e. The number of hydrogen-bond donors (Lipinski definition) is 2. The van der Waals surface area contributed by atoms with Gasteiger partial charge in [-0.15, -0.1) is 11.6 Å². The molecule has 0 heterocycles. The van der Waals surface area contributed by atoms with E-state index in [0.29, 0.717) is 12.3 Å². The van der Waals surface area contributed by atoms with Gasteiger partial charge in [-0.25, -0.2) is 13.1 Å². The number of nitrogens with one attached hydrogen (secondary N) is 2. The number of carbonyl (C=O) groups is 2. The predicted molar refractivity (Wildman–Crippen MR) is 168 cm³/mol. The number of alkyl halides is 1. The van der Waals surface area contributed by atoms with Gasteiger partial charge in [0, 0.05) is 17.8 Å². The summed E-state index contributed by atoms with van der Waals surface area (Å²) in [6, 6.07) is 12.2. The van der Waals surface area contributed by atoms with E-state index in [4.69, 9.17) is 16.3 Å². The largest absolute Gasteiger partial charge is 0.497 e. The number of methoxy groups -OCH3 is 1. The molecule has 9 heteroatoms. The first-order valence-corrected chi connectivity index (χ1v) is 16.9. The average molecular weight is 607 g/mol. The first kappa shape index (κ1) is 34.8. The number of benzene rings is 2. The van der Waals surface area contributed by atoms with Gasteiger partial charge in [0.1, 0.15) is 5.75 Å².